The molecule has 0 amide bonds. The van der Waals surface area contributed by atoms with Gasteiger partial charge in [-0.2, -0.15) is 0 Å². The minimum absolute atomic E-state index is 0. The number of anilines is 1. The molecule has 0 radical (unpaired) electrons. The van der Waals surface area contributed by atoms with Crippen molar-refractivity contribution in [2.45, 2.75) is 44.9 Å². The van der Waals surface area contributed by atoms with Crippen LogP contribution >= 0.6 is 24.0 Å². The summed E-state index contributed by atoms with van der Waals surface area (Å²) >= 11 is 6.55. The summed E-state index contributed by atoms with van der Waals surface area (Å²) in [6, 6.07) is 16.8. The smallest absolute Gasteiger partial charge is 0.0797 e. The molecule has 0 spiro atoms. The summed E-state index contributed by atoms with van der Waals surface area (Å²) in [7, 11) is 0. The van der Waals surface area contributed by atoms with Gasteiger partial charge in [-0.1, -0.05) is 67.0 Å². The Balaban J connectivity index is 0.00000243. The van der Waals surface area contributed by atoms with Crippen molar-refractivity contribution in [1.29, 1.82) is 0 Å². The Labute approximate surface area is 169 Å². The van der Waals surface area contributed by atoms with Crippen molar-refractivity contribution in [2.24, 2.45) is 0 Å². The van der Waals surface area contributed by atoms with Gasteiger partial charge in [-0.3, -0.25) is 0 Å². The molecule has 1 nitrogen and oxygen atoms in total. The third-order valence-electron chi connectivity index (χ3n) is 5.05. The third kappa shape index (κ3) is 5.44. The lowest BCUT2D eigenvalue weighted by Gasteiger charge is -2.23. The number of hydrogen-bond donors (Lipinski definition) is 0. The van der Waals surface area contributed by atoms with Gasteiger partial charge in [-0.15, -0.1) is 12.4 Å². The van der Waals surface area contributed by atoms with Crippen LogP contribution in [-0.2, 0) is 0 Å². The van der Waals surface area contributed by atoms with E-state index in [1.807, 2.05) is 12.1 Å². The molecular weight excluding hydrogens is 361 g/mol. The minimum Gasteiger partial charge on any atom is -0.361 e. The van der Waals surface area contributed by atoms with Crippen molar-refractivity contribution < 1.29 is 0 Å². The van der Waals surface area contributed by atoms with Gasteiger partial charge in [-0.25, -0.2) is 0 Å². The molecule has 2 aromatic carbocycles. The fourth-order valence-electron chi connectivity index (χ4n) is 3.61. The number of hydrogen-bond acceptors (Lipinski definition) is 1. The Hall–Kier alpha value is -1.62. The van der Waals surface area contributed by atoms with Crippen molar-refractivity contribution in [3.8, 4) is 11.8 Å². The van der Waals surface area contributed by atoms with E-state index in [1.165, 1.54) is 43.4 Å². The fourth-order valence-corrected chi connectivity index (χ4v) is 3.95. The summed E-state index contributed by atoms with van der Waals surface area (Å²) in [5.41, 5.74) is 3.53. The molecule has 26 heavy (non-hydrogen) atoms. The maximum absolute atomic E-state index is 6.55. The molecule has 1 saturated carbocycles. The zero-order valence-electron chi connectivity index (χ0n) is 15.4. The predicted octanol–water partition coefficient (Wildman–Crippen LogP) is 6.69. The molecular formula is C23H27Cl2N. The second kappa shape index (κ2) is 10.5. The first-order valence-electron chi connectivity index (χ1n) is 9.36. The summed E-state index contributed by atoms with van der Waals surface area (Å²) < 4.78 is 0. The monoisotopic (exact) mass is 387 g/mol. The molecule has 0 N–H and O–H groups in total. The second-order valence-corrected chi connectivity index (χ2v) is 7.13. The van der Waals surface area contributed by atoms with Gasteiger partial charge >= 0.3 is 0 Å². The molecule has 0 bridgehead atoms. The van der Waals surface area contributed by atoms with Crippen molar-refractivity contribution in [3.63, 3.8) is 0 Å². The Morgan fingerprint density at radius 2 is 1.77 bits per heavy atom. The van der Waals surface area contributed by atoms with Crippen LogP contribution in [0.15, 0.2) is 48.5 Å². The van der Waals surface area contributed by atoms with E-state index < -0.39 is 0 Å². The highest BCUT2D eigenvalue weighted by Gasteiger charge is 2.17. The van der Waals surface area contributed by atoms with Crippen molar-refractivity contribution in [3.05, 3.63) is 64.7 Å². The molecule has 0 aromatic heterocycles. The highest BCUT2D eigenvalue weighted by Crippen LogP contribution is 2.36. The summed E-state index contributed by atoms with van der Waals surface area (Å²) in [5.74, 6) is 7.20. The van der Waals surface area contributed by atoms with E-state index in [4.69, 9.17) is 11.6 Å². The number of para-hydroxylation sites is 1. The number of nitrogens with zero attached hydrogens (tertiary/aromatic N) is 1. The zero-order valence-corrected chi connectivity index (χ0v) is 17.0. The number of rotatable bonds is 4. The van der Waals surface area contributed by atoms with E-state index in [9.17, 15) is 0 Å². The van der Waals surface area contributed by atoms with E-state index in [1.54, 1.807) is 0 Å². The Morgan fingerprint density at radius 1 is 1.04 bits per heavy atom. The van der Waals surface area contributed by atoms with Gasteiger partial charge in [0.25, 0.3) is 0 Å². The maximum Gasteiger partial charge on any atom is 0.0797 e. The highest BCUT2D eigenvalue weighted by molar-refractivity contribution is 6.31. The van der Waals surface area contributed by atoms with Gasteiger partial charge < -0.3 is 4.90 Å². The van der Waals surface area contributed by atoms with Gasteiger partial charge in [-0.05, 0) is 55.5 Å². The van der Waals surface area contributed by atoms with E-state index in [0.717, 1.165) is 23.7 Å². The van der Waals surface area contributed by atoms with Crippen LogP contribution in [0.25, 0.3) is 0 Å². The van der Waals surface area contributed by atoms with Crippen LogP contribution in [0.1, 0.15) is 56.1 Å². The lowest BCUT2D eigenvalue weighted by Crippen LogP contribution is -2.22. The Morgan fingerprint density at radius 3 is 2.42 bits per heavy atom. The van der Waals surface area contributed by atoms with Gasteiger partial charge in [0.15, 0.2) is 0 Å². The second-order valence-electron chi connectivity index (χ2n) is 6.72. The van der Waals surface area contributed by atoms with Crippen molar-refractivity contribution in [2.75, 3.05) is 18.0 Å². The molecule has 0 aliphatic heterocycles. The molecule has 0 atom stereocenters. The Bertz CT molecular complexity index is 740. The SMILES string of the molecule is CCN(CC#Cc1ccc(C2CCCCC2)c(Cl)c1)c1ccccc1.Cl. The molecule has 2 aromatic rings. The maximum atomic E-state index is 6.55. The normalized spacial score (nSPS) is 14.1. The molecule has 138 valence electrons. The van der Waals surface area contributed by atoms with Crippen LogP contribution in [0.3, 0.4) is 0 Å². The van der Waals surface area contributed by atoms with Crippen LogP contribution in [-0.4, -0.2) is 13.1 Å². The molecule has 1 aliphatic rings. The predicted molar refractivity (Wildman–Crippen MR) is 116 cm³/mol. The van der Waals surface area contributed by atoms with E-state index in [-0.39, 0.29) is 12.4 Å². The molecule has 1 aliphatic carbocycles. The van der Waals surface area contributed by atoms with Gasteiger partial charge in [0.05, 0.1) is 6.54 Å². The third-order valence-corrected chi connectivity index (χ3v) is 5.38. The first kappa shape index (κ1) is 20.7. The van der Waals surface area contributed by atoms with Crippen molar-refractivity contribution >= 4 is 29.7 Å². The molecule has 3 rings (SSSR count). The first-order chi connectivity index (χ1) is 12.3. The average molecular weight is 388 g/mol. The van der Waals surface area contributed by atoms with E-state index in [0.29, 0.717) is 5.92 Å². The van der Waals surface area contributed by atoms with Crippen LogP contribution in [0.4, 0.5) is 5.69 Å². The summed E-state index contributed by atoms with van der Waals surface area (Å²) in [6.07, 6.45) is 6.57. The van der Waals surface area contributed by atoms with Crippen molar-refractivity contribution in [1.82, 2.24) is 0 Å². The van der Waals surface area contributed by atoms with E-state index in [2.05, 4.69) is 60.1 Å². The number of halogens is 2. The topological polar surface area (TPSA) is 3.24 Å². The number of benzene rings is 2. The highest BCUT2D eigenvalue weighted by atomic mass is 35.5. The van der Waals surface area contributed by atoms with Gasteiger partial charge in [0, 0.05) is 22.8 Å². The van der Waals surface area contributed by atoms with Crippen LogP contribution in [0.2, 0.25) is 5.02 Å². The summed E-state index contributed by atoms with van der Waals surface area (Å²) in [5, 5.41) is 0.883. The first-order valence-corrected chi connectivity index (χ1v) is 9.74. The molecule has 0 saturated heterocycles. The molecule has 1 fully saturated rings. The van der Waals surface area contributed by atoms with Gasteiger partial charge in [0.1, 0.15) is 0 Å². The fraction of sp³-hybridized carbons (Fsp3) is 0.391. The molecule has 0 unspecified atom stereocenters. The lowest BCUT2D eigenvalue weighted by molar-refractivity contribution is 0.444. The summed E-state index contributed by atoms with van der Waals surface area (Å²) in [6.45, 7) is 3.83. The molecule has 3 heteroatoms. The summed E-state index contributed by atoms with van der Waals surface area (Å²) in [4.78, 5) is 2.27. The zero-order chi connectivity index (χ0) is 17.5. The Kier molecular flexibility index (Phi) is 8.36. The van der Waals surface area contributed by atoms with Crippen LogP contribution in [0, 0.1) is 11.8 Å². The van der Waals surface area contributed by atoms with E-state index >= 15 is 0 Å². The lowest BCUT2D eigenvalue weighted by atomic mass is 9.84. The standard InChI is InChI=1S/C23H26ClN.ClH/c1-2-25(21-13-7-4-8-14-21)17-9-10-19-15-16-22(23(24)18-19)20-11-5-3-6-12-20;/h4,7-8,13-16,18,20H,2-3,5-6,11-12,17H2,1H3;1H. The molecule has 0 heterocycles. The minimum atomic E-state index is 0. The quantitative estimate of drug-likeness (QED) is 0.528. The van der Waals surface area contributed by atoms with Crippen LogP contribution < -0.4 is 4.90 Å². The van der Waals surface area contributed by atoms with Gasteiger partial charge in [0.2, 0.25) is 0 Å². The van der Waals surface area contributed by atoms with Crippen LogP contribution in [0.5, 0.6) is 0 Å². The largest absolute Gasteiger partial charge is 0.361 e. The average Bonchev–Trinajstić information content (AvgIpc) is 2.67.